The third kappa shape index (κ3) is 6.15. The van der Waals surface area contributed by atoms with Gasteiger partial charge in [0.25, 0.3) is 0 Å². The summed E-state index contributed by atoms with van der Waals surface area (Å²) in [5, 5.41) is 9.36. The second-order valence-electron chi connectivity index (χ2n) is 9.74. The van der Waals surface area contributed by atoms with E-state index in [1.54, 1.807) is 0 Å². The number of ether oxygens (including phenoxy) is 1. The molecule has 0 saturated carbocycles. The highest BCUT2D eigenvalue weighted by molar-refractivity contribution is 6.28. The Balaban J connectivity index is 1.35. The molecular formula is C28H25ClF4N6O2. The monoisotopic (exact) mass is 588 g/mol. The van der Waals surface area contributed by atoms with Crippen LogP contribution in [-0.2, 0) is 30.5 Å². The van der Waals surface area contributed by atoms with E-state index in [1.807, 2.05) is 35.2 Å². The number of anilines is 2. The summed E-state index contributed by atoms with van der Waals surface area (Å²) in [4.78, 5) is 26.5. The second-order valence-corrected chi connectivity index (χ2v) is 10.1. The van der Waals surface area contributed by atoms with E-state index >= 15 is 0 Å². The molecule has 1 aromatic heterocycles. The minimum absolute atomic E-state index is 0.0233. The van der Waals surface area contributed by atoms with Crippen LogP contribution in [0.4, 0.5) is 33.9 Å². The molecule has 1 fully saturated rings. The Morgan fingerprint density at radius 2 is 1.85 bits per heavy atom. The van der Waals surface area contributed by atoms with Crippen LogP contribution < -0.4 is 9.80 Å². The summed E-state index contributed by atoms with van der Waals surface area (Å²) >= 11 is 6.26. The van der Waals surface area contributed by atoms with Crippen molar-refractivity contribution in [3.63, 3.8) is 0 Å². The Bertz CT molecular complexity index is 1470. The predicted octanol–water partition coefficient (Wildman–Crippen LogP) is 5.59. The lowest BCUT2D eigenvalue weighted by Crippen LogP contribution is -2.55. The minimum atomic E-state index is -4.87. The van der Waals surface area contributed by atoms with Crippen molar-refractivity contribution in [3.8, 4) is 6.07 Å². The van der Waals surface area contributed by atoms with Gasteiger partial charge in [0.15, 0.2) is 0 Å². The molecule has 2 aromatic carbocycles. The molecule has 1 unspecified atom stereocenters. The van der Waals surface area contributed by atoms with Crippen LogP contribution in [0.15, 0.2) is 48.5 Å². The molecule has 13 heteroatoms. The molecule has 2 aliphatic heterocycles. The number of aromatic nitrogens is 2. The van der Waals surface area contributed by atoms with Gasteiger partial charge in [0.2, 0.25) is 5.28 Å². The van der Waals surface area contributed by atoms with E-state index in [0.717, 1.165) is 11.6 Å². The van der Waals surface area contributed by atoms with Crippen molar-refractivity contribution in [1.29, 1.82) is 5.26 Å². The maximum atomic E-state index is 14.2. The van der Waals surface area contributed by atoms with Gasteiger partial charge in [-0.05, 0) is 35.7 Å². The lowest BCUT2D eigenvalue weighted by Gasteiger charge is -2.42. The molecule has 41 heavy (non-hydrogen) atoms. The summed E-state index contributed by atoms with van der Waals surface area (Å²) in [5.74, 6) is -0.832. The summed E-state index contributed by atoms with van der Waals surface area (Å²) in [6.45, 7) is 1.16. The van der Waals surface area contributed by atoms with E-state index in [2.05, 4.69) is 16.0 Å². The van der Waals surface area contributed by atoms with Crippen molar-refractivity contribution in [2.24, 2.45) is 0 Å². The van der Waals surface area contributed by atoms with Gasteiger partial charge in [-0.25, -0.2) is 19.2 Å². The minimum Gasteiger partial charge on any atom is -0.445 e. The molecule has 1 saturated heterocycles. The summed E-state index contributed by atoms with van der Waals surface area (Å²) in [7, 11) is 0. The Kier molecular flexibility index (Phi) is 8.17. The van der Waals surface area contributed by atoms with E-state index in [1.165, 1.54) is 21.9 Å². The molecule has 0 spiro atoms. The summed E-state index contributed by atoms with van der Waals surface area (Å²) in [6.07, 6.45) is -5.04. The van der Waals surface area contributed by atoms with E-state index in [0.29, 0.717) is 23.6 Å². The van der Waals surface area contributed by atoms with E-state index in [9.17, 15) is 27.6 Å². The SMILES string of the molecule is N#CCC1CN(c2nc(Cl)nc3c2CCN(c2cccc(F)c2C(F)(F)F)C3)CCN1C(=O)OCc1ccccc1. The Labute approximate surface area is 238 Å². The van der Waals surface area contributed by atoms with Gasteiger partial charge < -0.3 is 19.4 Å². The van der Waals surface area contributed by atoms with Crippen LogP contribution in [0.3, 0.4) is 0 Å². The molecule has 5 rings (SSSR count). The average Bonchev–Trinajstić information content (AvgIpc) is 2.95. The molecule has 8 nitrogen and oxygen atoms in total. The number of piperazine rings is 1. The molecule has 1 amide bonds. The standard InChI is InChI=1S/C28H25ClF4N6O2/c29-26-35-22-16-37(23-8-4-7-21(30)24(23)28(31,32)33)12-10-20(22)25(36-26)38-13-14-39(19(15-38)9-11-34)27(40)41-17-18-5-2-1-3-6-18/h1-8,19H,9-10,12-17H2. The lowest BCUT2D eigenvalue weighted by atomic mass is 10.0. The van der Waals surface area contributed by atoms with E-state index in [-0.39, 0.29) is 56.6 Å². The molecule has 0 bridgehead atoms. The van der Waals surface area contributed by atoms with Crippen LogP contribution >= 0.6 is 11.6 Å². The van der Waals surface area contributed by atoms with Gasteiger partial charge >= 0.3 is 12.3 Å². The van der Waals surface area contributed by atoms with Gasteiger partial charge in [0.05, 0.1) is 36.5 Å². The fourth-order valence-corrected chi connectivity index (χ4v) is 5.46. The van der Waals surface area contributed by atoms with Crippen LogP contribution in [-0.4, -0.2) is 53.2 Å². The second kappa shape index (κ2) is 11.8. The quantitative estimate of drug-likeness (QED) is 0.284. The number of halogens is 5. The Morgan fingerprint density at radius 3 is 2.59 bits per heavy atom. The number of carbonyl (C=O) groups is 1. The van der Waals surface area contributed by atoms with Gasteiger partial charge in [-0.3, -0.25) is 0 Å². The number of benzene rings is 2. The van der Waals surface area contributed by atoms with Crippen molar-refractivity contribution in [3.05, 3.63) is 82.0 Å². The molecule has 214 valence electrons. The maximum Gasteiger partial charge on any atom is 0.421 e. The first-order valence-corrected chi connectivity index (χ1v) is 13.3. The van der Waals surface area contributed by atoms with Gasteiger partial charge in [-0.15, -0.1) is 0 Å². The predicted molar refractivity (Wildman–Crippen MR) is 143 cm³/mol. The van der Waals surface area contributed by atoms with E-state index < -0.39 is 29.7 Å². The zero-order chi connectivity index (χ0) is 29.1. The lowest BCUT2D eigenvalue weighted by molar-refractivity contribution is -0.139. The zero-order valence-electron chi connectivity index (χ0n) is 21.7. The summed E-state index contributed by atoms with van der Waals surface area (Å²) < 4.78 is 60.7. The molecule has 3 aromatic rings. The number of alkyl halides is 3. The maximum absolute atomic E-state index is 14.2. The normalized spacial score (nSPS) is 17.2. The fraction of sp³-hybridized carbons (Fsp3) is 0.357. The van der Waals surface area contributed by atoms with Crippen molar-refractivity contribution in [2.45, 2.75) is 38.2 Å². The van der Waals surface area contributed by atoms with Gasteiger partial charge in [0.1, 0.15) is 23.8 Å². The van der Waals surface area contributed by atoms with Crippen molar-refractivity contribution < 1.29 is 27.1 Å². The van der Waals surface area contributed by atoms with Crippen LogP contribution in [0, 0.1) is 17.1 Å². The number of nitriles is 1. The van der Waals surface area contributed by atoms with Crippen LogP contribution in [0.5, 0.6) is 0 Å². The third-order valence-electron chi connectivity index (χ3n) is 7.18. The van der Waals surface area contributed by atoms with Crippen molar-refractivity contribution in [1.82, 2.24) is 14.9 Å². The number of hydrogen-bond acceptors (Lipinski definition) is 7. The van der Waals surface area contributed by atoms with Crippen LogP contribution in [0.1, 0.15) is 28.8 Å². The molecule has 1 atom stereocenters. The smallest absolute Gasteiger partial charge is 0.421 e. The molecule has 2 aliphatic rings. The number of carbonyl (C=O) groups excluding carboxylic acids is 1. The van der Waals surface area contributed by atoms with E-state index in [4.69, 9.17) is 16.3 Å². The molecule has 0 aliphatic carbocycles. The van der Waals surface area contributed by atoms with Gasteiger partial charge in [0, 0.05) is 31.7 Å². The average molecular weight is 589 g/mol. The van der Waals surface area contributed by atoms with Gasteiger partial charge in [-0.1, -0.05) is 36.4 Å². The third-order valence-corrected chi connectivity index (χ3v) is 7.35. The highest BCUT2D eigenvalue weighted by atomic mass is 35.5. The zero-order valence-corrected chi connectivity index (χ0v) is 22.5. The number of hydrogen-bond donors (Lipinski definition) is 0. The Hall–Kier alpha value is -4.11. The first-order valence-electron chi connectivity index (χ1n) is 12.9. The first-order chi connectivity index (χ1) is 19.7. The number of rotatable bonds is 5. The fourth-order valence-electron chi connectivity index (χ4n) is 5.28. The topological polar surface area (TPSA) is 85.6 Å². The van der Waals surface area contributed by atoms with Crippen molar-refractivity contribution >= 4 is 29.2 Å². The van der Waals surface area contributed by atoms with Crippen molar-refractivity contribution in [2.75, 3.05) is 36.0 Å². The number of amides is 1. The highest BCUT2D eigenvalue weighted by Crippen LogP contribution is 2.40. The summed E-state index contributed by atoms with van der Waals surface area (Å²) in [5.41, 5.74) is 0.402. The van der Waals surface area contributed by atoms with Crippen LogP contribution in [0.25, 0.3) is 0 Å². The number of fused-ring (bicyclic) bond motifs is 1. The highest BCUT2D eigenvalue weighted by Gasteiger charge is 2.39. The Morgan fingerprint density at radius 1 is 1.07 bits per heavy atom. The molecule has 3 heterocycles. The first kappa shape index (κ1) is 28.4. The molecule has 0 radical (unpaired) electrons. The van der Waals surface area contributed by atoms with Crippen LogP contribution in [0.2, 0.25) is 5.28 Å². The summed E-state index contributed by atoms with van der Waals surface area (Å²) in [6, 6.07) is 14.2. The molecular weight excluding hydrogens is 564 g/mol. The largest absolute Gasteiger partial charge is 0.445 e. The van der Waals surface area contributed by atoms with Gasteiger partial charge in [-0.2, -0.15) is 18.4 Å². The number of nitrogens with zero attached hydrogens (tertiary/aromatic N) is 6. The molecule has 0 N–H and O–H groups in total.